The molecular weight excluding hydrogens is 963 g/mol. The van der Waals surface area contributed by atoms with Gasteiger partial charge in [0.1, 0.15) is 11.6 Å². The van der Waals surface area contributed by atoms with E-state index < -0.39 is 21.9 Å². The van der Waals surface area contributed by atoms with Crippen molar-refractivity contribution in [1.82, 2.24) is 0 Å². The molecule has 10 aliphatic rings. The van der Waals surface area contributed by atoms with Crippen molar-refractivity contribution in [2.45, 2.75) is 212 Å². The van der Waals surface area contributed by atoms with Gasteiger partial charge >= 0.3 is 16.5 Å². The minimum absolute atomic E-state index is 0.0752. The van der Waals surface area contributed by atoms with Crippen molar-refractivity contribution in [1.29, 1.82) is 0 Å². The number of carbonyl (C=O) groups excluding carboxylic acids is 5. The number of allylic oxidation sites excluding steroid dienone is 2. The Balaban J connectivity index is 0.000000173. The average molecular weight is 1050 g/mol. The topological polar surface area (TPSA) is 123 Å². The van der Waals surface area contributed by atoms with E-state index in [0.717, 1.165) is 89.9 Å². The first-order chi connectivity index (χ1) is 33.2. The zero-order valence-corrected chi connectivity index (χ0v) is 48.6. The summed E-state index contributed by atoms with van der Waals surface area (Å²) in [6.45, 7) is 37.3. The Kier molecular flexibility index (Phi) is 14.4. The normalized spacial score (nSPS) is 49.0. The van der Waals surface area contributed by atoms with Crippen LogP contribution in [0.25, 0.3) is 0 Å². The van der Waals surface area contributed by atoms with Crippen LogP contribution in [0, 0.1) is 113 Å². The van der Waals surface area contributed by atoms with Gasteiger partial charge in [-0.05, 0) is 256 Å². The Bertz CT molecular complexity index is 2160. The number of ketones is 2. The number of carbonyl (C=O) groups is 6. The molecule has 10 heteroatoms. The lowest BCUT2D eigenvalue weighted by atomic mass is 9.32. The van der Waals surface area contributed by atoms with Crippen molar-refractivity contribution in [2.75, 3.05) is 0 Å². The van der Waals surface area contributed by atoms with Gasteiger partial charge in [0.05, 0.1) is 5.41 Å². The highest BCUT2D eigenvalue weighted by Gasteiger charge is 2.74. The summed E-state index contributed by atoms with van der Waals surface area (Å²) in [5.41, 5.74) is 2.44. The lowest BCUT2D eigenvalue weighted by Crippen LogP contribution is -2.66. The van der Waals surface area contributed by atoms with Crippen molar-refractivity contribution in [2.24, 2.45) is 113 Å². The van der Waals surface area contributed by atoms with Crippen LogP contribution < -0.4 is 0 Å². The fourth-order valence-electron chi connectivity index (χ4n) is 22.6. The third-order valence-electron chi connectivity index (χ3n) is 26.6. The van der Waals surface area contributed by atoms with Crippen LogP contribution in [0.15, 0.2) is 24.3 Å². The minimum Gasteiger partial charge on any atom is -0.481 e. The molecule has 10 aliphatic carbocycles. The summed E-state index contributed by atoms with van der Waals surface area (Å²) in [4.78, 5) is 70.4. The number of halogens is 3. The van der Waals surface area contributed by atoms with Gasteiger partial charge in [0.15, 0.2) is 0 Å². The number of hydrogen-bond donors (Lipinski definition) is 1. The van der Waals surface area contributed by atoms with E-state index in [9.17, 15) is 33.9 Å². The van der Waals surface area contributed by atoms with Gasteiger partial charge in [0.2, 0.25) is 5.24 Å². The SMILES string of the molecule is C=C(C)[C@@H]1CC[C@]2(C(=O)Cl)CC[C@]3(C)C(CC[C@@H]4[C@@]5(C)CCC(=O)C(C)(C)C5CC[C@]43C)[C@@H]12.C=C(C)[C@@H]1CC[C@]2(C(=O)O)CC[C@]3(C)C(CC[C@@H]4[C@@]5(C)CCC(=O)C(C)(C)C5CC[C@]43C)[C@@H]12.O=C(Cl)C(=O)Cl. The summed E-state index contributed by atoms with van der Waals surface area (Å²) in [6.07, 6.45) is 20.8. The molecule has 0 heterocycles. The maximum Gasteiger partial charge on any atom is 0.309 e. The number of fused-ring (bicyclic) bond motifs is 14. The fraction of sp³-hybridized carbons (Fsp3) is 0.839. The number of Topliss-reactive ketones (excluding diaryl/α,β-unsaturated/α-hetero) is 2. The quantitative estimate of drug-likeness (QED) is 0.165. The molecule has 7 nitrogen and oxygen atoms in total. The molecule has 0 aromatic rings. The second-order valence-corrected chi connectivity index (χ2v) is 30.1. The van der Waals surface area contributed by atoms with Gasteiger partial charge in [-0.15, -0.1) is 0 Å². The third kappa shape index (κ3) is 7.68. The predicted molar refractivity (Wildman–Crippen MR) is 288 cm³/mol. The van der Waals surface area contributed by atoms with Crippen LogP contribution in [-0.4, -0.2) is 38.4 Å². The molecule has 1 N–H and O–H groups in total. The second kappa shape index (κ2) is 18.4. The van der Waals surface area contributed by atoms with E-state index in [-0.39, 0.29) is 59.9 Å². The van der Waals surface area contributed by atoms with Crippen LogP contribution in [-0.2, 0) is 28.8 Å². The molecular formula is C62H91Cl3O7. The molecule has 4 unspecified atom stereocenters. The van der Waals surface area contributed by atoms with Crippen molar-refractivity contribution in [3.63, 3.8) is 0 Å². The maximum absolute atomic E-state index is 13.0. The van der Waals surface area contributed by atoms with E-state index in [1.54, 1.807) is 0 Å². The van der Waals surface area contributed by atoms with Crippen LogP contribution in [0.4, 0.5) is 0 Å². The molecule has 10 rings (SSSR count). The third-order valence-corrected chi connectivity index (χ3v) is 27.4. The van der Waals surface area contributed by atoms with Crippen molar-refractivity contribution in [3.05, 3.63) is 24.3 Å². The Hall–Kier alpha value is -1.83. The smallest absolute Gasteiger partial charge is 0.309 e. The van der Waals surface area contributed by atoms with Gasteiger partial charge in [-0.25, -0.2) is 0 Å². The molecule has 0 saturated heterocycles. The molecule has 0 amide bonds. The summed E-state index contributed by atoms with van der Waals surface area (Å²) in [5.74, 6) is 5.01. The van der Waals surface area contributed by atoms with Gasteiger partial charge in [0, 0.05) is 29.1 Å². The number of aliphatic carboxylic acids is 1. The number of rotatable bonds is 5. The second-order valence-electron chi connectivity index (χ2n) is 29.1. The fourth-order valence-corrected chi connectivity index (χ4v) is 22.9. The van der Waals surface area contributed by atoms with E-state index in [4.69, 9.17) is 11.6 Å². The standard InChI is InChI=1S/C30H45ClO2.C30H46O3.C2Cl2O2/c1-18(2)19-10-15-30(25(31)33)17-16-28(6)20(24(19)30)8-9-22-27(5)13-12-23(32)26(3,4)21(27)11-14-29(22,28)7;1-18(2)19-10-15-30(25(32)33)17-16-28(6)20(24(19)30)8-9-22-27(5)13-12-23(31)26(3,4)21(27)11-14-29(22,28)7;3-1(5)2(4)6/h19-22,24H,1,8-17H2,2-7H3;19-22,24H,1,8-17H2,2-7H3,(H,32,33);/t2*19-,20?,21?,22+,24+,27-,28+,29+,30-;/m00./s1. The summed E-state index contributed by atoms with van der Waals surface area (Å²) in [6, 6.07) is 0. The van der Waals surface area contributed by atoms with E-state index >= 15 is 0 Å². The highest BCUT2D eigenvalue weighted by atomic mass is 35.5. The predicted octanol–water partition coefficient (Wildman–Crippen LogP) is 15.8. The Morgan fingerprint density at radius 3 is 1.17 bits per heavy atom. The van der Waals surface area contributed by atoms with Gasteiger partial charge in [-0.1, -0.05) is 93.5 Å². The first kappa shape index (κ1) is 56.4. The maximum atomic E-state index is 13.0. The molecule has 0 aliphatic heterocycles. The number of carboxylic acid groups (broad SMARTS) is 1. The van der Waals surface area contributed by atoms with Gasteiger partial charge in [-0.3, -0.25) is 28.8 Å². The van der Waals surface area contributed by atoms with E-state index in [0.29, 0.717) is 64.8 Å². The minimum atomic E-state index is -1.14. The molecule has 10 fully saturated rings. The summed E-state index contributed by atoms with van der Waals surface area (Å²) >= 11 is 15.4. The number of carboxylic acids is 1. The van der Waals surface area contributed by atoms with Crippen molar-refractivity contribution < 1.29 is 33.9 Å². The van der Waals surface area contributed by atoms with Gasteiger partial charge < -0.3 is 5.11 Å². The molecule has 18 atom stereocenters. The van der Waals surface area contributed by atoms with Gasteiger partial charge in [-0.2, -0.15) is 0 Å². The van der Waals surface area contributed by atoms with E-state index in [2.05, 4.69) is 119 Å². The highest BCUT2D eigenvalue weighted by molar-refractivity contribution is 6.97. The van der Waals surface area contributed by atoms with E-state index in [1.807, 2.05) is 0 Å². The Labute approximate surface area is 448 Å². The van der Waals surface area contributed by atoms with Crippen LogP contribution >= 0.6 is 34.8 Å². The summed E-state index contributed by atoms with van der Waals surface area (Å²) < 4.78 is 0. The zero-order chi connectivity index (χ0) is 53.5. The lowest BCUT2D eigenvalue weighted by molar-refractivity contribution is -0.235. The van der Waals surface area contributed by atoms with Crippen LogP contribution in [0.2, 0.25) is 0 Å². The molecule has 0 aromatic carbocycles. The van der Waals surface area contributed by atoms with Crippen molar-refractivity contribution >= 4 is 68.1 Å². The Morgan fingerprint density at radius 2 is 0.819 bits per heavy atom. The molecule has 0 spiro atoms. The first-order valence-electron chi connectivity index (χ1n) is 28.4. The monoisotopic (exact) mass is 1050 g/mol. The molecule has 402 valence electrons. The Morgan fingerprint density at radius 1 is 0.458 bits per heavy atom. The van der Waals surface area contributed by atoms with Crippen LogP contribution in [0.5, 0.6) is 0 Å². The van der Waals surface area contributed by atoms with Crippen molar-refractivity contribution in [3.8, 4) is 0 Å². The van der Waals surface area contributed by atoms with E-state index in [1.165, 1.54) is 49.7 Å². The van der Waals surface area contributed by atoms with Crippen LogP contribution in [0.3, 0.4) is 0 Å². The lowest BCUT2D eigenvalue weighted by Gasteiger charge is -2.72. The molecule has 0 bridgehead atoms. The molecule has 72 heavy (non-hydrogen) atoms. The average Bonchev–Trinajstić information content (AvgIpc) is 3.90. The van der Waals surface area contributed by atoms with Gasteiger partial charge in [0.25, 0.3) is 0 Å². The molecule has 0 radical (unpaired) electrons. The highest BCUT2D eigenvalue weighted by Crippen LogP contribution is 2.79. The first-order valence-corrected chi connectivity index (χ1v) is 29.5. The molecule has 0 aromatic heterocycles. The number of hydrogen-bond acceptors (Lipinski definition) is 6. The summed E-state index contributed by atoms with van der Waals surface area (Å²) in [5, 5.41) is 8.13. The zero-order valence-electron chi connectivity index (χ0n) is 46.4. The summed E-state index contributed by atoms with van der Waals surface area (Å²) in [7, 11) is 0. The van der Waals surface area contributed by atoms with Crippen LogP contribution in [0.1, 0.15) is 212 Å². The largest absolute Gasteiger partial charge is 0.481 e. The molecule has 10 saturated carbocycles.